The summed E-state index contributed by atoms with van der Waals surface area (Å²) >= 11 is 6.36. The van der Waals surface area contributed by atoms with Crippen LogP contribution in [0.15, 0.2) is 54.7 Å². The van der Waals surface area contributed by atoms with Gasteiger partial charge in [-0.25, -0.2) is 9.97 Å². The number of nitrogens with zero attached hydrogens (tertiary/aromatic N) is 4. The number of carbonyl (C=O) groups excluding carboxylic acids is 1. The van der Waals surface area contributed by atoms with Crippen molar-refractivity contribution >= 4 is 46.0 Å². The molecule has 1 saturated heterocycles. The van der Waals surface area contributed by atoms with E-state index in [2.05, 4.69) is 45.7 Å². The number of hydrogen-bond donors (Lipinski definition) is 3. The van der Waals surface area contributed by atoms with Crippen LogP contribution in [0.5, 0.6) is 11.5 Å². The molecule has 0 atom stereocenters. The number of fused-ring (bicyclic) bond motifs is 1. The first-order chi connectivity index (χ1) is 18.4. The molecule has 4 aromatic rings. The Balaban J connectivity index is 1.28. The highest BCUT2D eigenvalue weighted by atomic mass is 35.5. The maximum Gasteiger partial charge on any atom is 0.239 e. The number of rotatable bonds is 8. The fourth-order valence-corrected chi connectivity index (χ4v) is 4.82. The summed E-state index contributed by atoms with van der Waals surface area (Å²) in [5.41, 5.74) is 3.77. The predicted molar refractivity (Wildman–Crippen MR) is 152 cm³/mol. The van der Waals surface area contributed by atoms with Crippen molar-refractivity contribution in [1.29, 1.82) is 0 Å². The van der Waals surface area contributed by atoms with E-state index in [0.29, 0.717) is 35.7 Å². The zero-order chi connectivity index (χ0) is 26.6. The van der Waals surface area contributed by atoms with Gasteiger partial charge in [-0.2, -0.15) is 0 Å². The van der Waals surface area contributed by atoms with Gasteiger partial charge in [0.05, 0.1) is 17.6 Å². The van der Waals surface area contributed by atoms with Gasteiger partial charge in [0.1, 0.15) is 17.3 Å². The Labute approximate surface area is 227 Å². The summed E-state index contributed by atoms with van der Waals surface area (Å²) < 4.78 is 8.09. The lowest BCUT2D eigenvalue weighted by atomic mass is 10.0. The predicted octanol–water partition coefficient (Wildman–Crippen LogP) is 5.12. The van der Waals surface area contributed by atoms with Crippen LogP contribution >= 0.6 is 11.6 Å². The van der Waals surface area contributed by atoms with E-state index in [-0.39, 0.29) is 5.91 Å². The van der Waals surface area contributed by atoms with Crippen LogP contribution < -0.4 is 20.7 Å². The van der Waals surface area contributed by atoms with E-state index in [9.17, 15) is 4.79 Å². The van der Waals surface area contributed by atoms with Crippen LogP contribution in [0.4, 0.5) is 17.5 Å². The third kappa shape index (κ3) is 6.07. The molecule has 2 aromatic carbocycles. The molecule has 1 amide bonds. The largest absolute Gasteiger partial charge is 0.457 e. The minimum Gasteiger partial charge on any atom is -0.457 e. The number of ether oxygens (including phenoxy) is 1. The molecular weight excluding hydrogens is 502 g/mol. The van der Waals surface area contributed by atoms with Crippen LogP contribution in [0.1, 0.15) is 25.3 Å². The van der Waals surface area contributed by atoms with E-state index in [1.165, 1.54) is 0 Å². The van der Waals surface area contributed by atoms with Gasteiger partial charge in [0, 0.05) is 62.3 Å². The molecule has 1 fully saturated rings. The van der Waals surface area contributed by atoms with Gasteiger partial charge in [0.15, 0.2) is 0 Å². The summed E-state index contributed by atoms with van der Waals surface area (Å²) in [5, 5.41) is 10.3. The molecule has 5 rings (SSSR count). The van der Waals surface area contributed by atoms with Crippen molar-refractivity contribution < 1.29 is 9.53 Å². The van der Waals surface area contributed by atoms with Crippen molar-refractivity contribution in [2.45, 2.75) is 19.8 Å². The van der Waals surface area contributed by atoms with E-state index in [0.717, 1.165) is 53.5 Å². The standard InChI is InChI=1S/C28H32ClN7O2/c1-18(2)22-14-19(4-6-23(22)29)32-28-33-24-15-20(5-7-25(24)35(28)3)38-21-8-9-31-26(16-21)34-27(37)17-36-12-10-30-11-13-36/h4-9,14-16,18,30H,10-13,17H2,1-3H3,(H,32,33)(H,31,34,37). The fraction of sp³-hybridized carbons (Fsp3) is 0.321. The number of aryl methyl sites for hydroxylation is 1. The Morgan fingerprint density at radius 1 is 1.11 bits per heavy atom. The zero-order valence-corrected chi connectivity index (χ0v) is 22.5. The quantitative estimate of drug-likeness (QED) is 0.289. The van der Waals surface area contributed by atoms with E-state index < -0.39 is 0 Å². The Morgan fingerprint density at radius 2 is 1.89 bits per heavy atom. The number of halogens is 1. The molecule has 2 aromatic heterocycles. The molecule has 1 aliphatic heterocycles. The first-order valence-corrected chi connectivity index (χ1v) is 13.1. The topological polar surface area (TPSA) is 96.3 Å². The monoisotopic (exact) mass is 533 g/mol. The molecule has 10 heteroatoms. The average molecular weight is 534 g/mol. The molecule has 3 N–H and O–H groups in total. The summed E-state index contributed by atoms with van der Waals surface area (Å²) in [4.78, 5) is 23.6. The SMILES string of the molecule is CC(C)c1cc(Nc2nc3cc(Oc4ccnc(NC(=O)CN5CCNCC5)c4)ccc3n2C)ccc1Cl. The molecule has 3 heterocycles. The van der Waals surface area contributed by atoms with Crippen molar-refractivity contribution in [2.75, 3.05) is 43.4 Å². The van der Waals surface area contributed by atoms with Crippen molar-refractivity contribution in [3.8, 4) is 11.5 Å². The zero-order valence-electron chi connectivity index (χ0n) is 21.8. The number of nitrogens with one attached hydrogen (secondary N) is 3. The molecule has 0 radical (unpaired) electrons. The van der Waals surface area contributed by atoms with Gasteiger partial charge in [-0.15, -0.1) is 0 Å². The summed E-state index contributed by atoms with van der Waals surface area (Å²) in [6.07, 6.45) is 1.62. The van der Waals surface area contributed by atoms with Gasteiger partial charge >= 0.3 is 0 Å². The van der Waals surface area contributed by atoms with E-state index in [1.54, 1.807) is 18.3 Å². The summed E-state index contributed by atoms with van der Waals surface area (Å²) in [6, 6.07) is 15.2. The summed E-state index contributed by atoms with van der Waals surface area (Å²) in [6.45, 7) is 8.09. The Morgan fingerprint density at radius 3 is 2.68 bits per heavy atom. The average Bonchev–Trinajstić information content (AvgIpc) is 3.20. The third-order valence-electron chi connectivity index (χ3n) is 6.54. The second-order valence-corrected chi connectivity index (χ2v) is 10.1. The van der Waals surface area contributed by atoms with Gasteiger partial charge in [-0.3, -0.25) is 9.69 Å². The normalized spacial score (nSPS) is 14.1. The summed E-state index contributed by atoms with van der Waals surface area (Å²) in [7, 11) is 1.97. The van der Waals surface area contributed by atoms with Gasteiger partial charge < -0.3 is 25.3 Å². The van der Waals surface area contributed by atoms with Crippen LogP contribution in [0.25, 0.3) is 11.0 Å². The minimum atomic E-state index is -0.0901. The molecule has 0 bridgehead atoms. The molecule has 198 valence electrons. The number of amides is 1. The van der Waals surface area contributed by atoms with Crippen molar-refractivity contribution in [3.63, 3.8) is 0 Å². The summed E-state index contributed by atoms with van der Waals surface area (Å²) in [5.74, 6) is 2.61. The van der Waals surface area contributed by atoms with Crippen LogP contribution in [-0.2, 0) is 11.8 Å². The first-order valence-electron chi connectivity index (χ1n) is 12.8. The third-order valence-corrected chi connectivity index (χ3v) is 6.88. The number of hydrogen-bond acceptors (Lipinski definition) is 7. The number of aromatic nitrogens is 3. The lowest BCUT2D eigenvalue weighted by molar-refractivity contribution is -0.117. The van der Waals surface area contributed by atoms with E-state index in [4.69, 9.17) is 21.3 Å². The van der Waals surface area contributed by atoms with Gasteiger partial charge in [0.2, 0.25) is 11.9 Å². The molecule has 1 aliphatic rings. The second-order valence-electron chi connectivity index (χ2n) is 9.71. The molecule has 9 nitrogen and oxygen atoms in total. The molecule has 0 unspecified atom stereocenters. The number of piperazine rings is 1. The molecular formula is C28H32ClN7O2. The van der Waals surface area contributed by atoms with Gasteiger partial charge in [-0.1, -0.05) is 25.4 Å². The lowest BCUT2D eigenvalue weighted by Gasteiger charge is -2.26. The Bertz CT molecular complexity index is 1450. The van der Waals surface area contributed by atoms with Crippen LogP contribution in [-0.4, -0.2) is 58.1 Å². The second kappa shape index (κ2) is 11.4. The smallest absolute Gasteiger partial charge is 0.239 e. The van der Waals surface area contributed by atoms with Crippen LogP contribution in [0.3, 0.4) is 0 Å². The van der Waals surface area contributed by atoms with Crippen molar-refractivity contribution in [1.82, 2.24) is 24.8 Å². The van der Waals surface area contributed by atoms with Crippen LogP contribution in [0, 0.1) is 0 Å². The number of imidazole rings is 1. The van der Waals surface area contributed by atoms with E-state index in [1.807, 2.05) is 41.9 Å². The van der Waals surface area contributed by atoms with Gasteiger partial charge in [-0.05, 0) is 47.9 Å². The van der Waals surface area contributed by atoms with Crippen molar-refractivity contribution in [3.05, 3.63) is 65.3 Å². The highest BCUT2D eigenvalue weighted by Gasteiger charge is 2.15. The molecule has 38 heavy (non-hydrogen) atoms. The fourth-order valence-electron chi connectivity index (χ4n) is 4.48. The molecule has 0 saturated carbocycles. The maximum atomic E-state index is 12.5. The van der Waals surface area contributed by atoms with E-state index >= 15 is 0 Å². The Kier molecular flexibility index (Phi) is 7.78. The highest BCUT2D eigenvalue weighted by molar-refractivity contribution is 6.31. The number of benzene rings is 2. The Hall–Kier alpha value is -3.66. The number of carbonyl (C=O) groups is 1. The maximum absolute atomic E-state index is 12.5. The van der Waals surface area contributed by atoms with Crippen LogP contribution in [0.2, 0.25) is 5.02 Å². The molecule has 0 aliphatic carbocycles. The highest BCUT2D eigenvalue weighted by Crippen LogP contribution is 2.31. The van der Waals surface area contributed by atoms with Gasteiger partial charge in [0.25, 0.3) is 0 Å². The minimum absolute atomic E-state index is 0.0901. The first kappa shape index (κ1) is 26.0. The number of anilines is 3. The molecule has 0 spiro atoms. The van der Waals surface area contributed by atoms with Crippen molar-refractivity contribution in [2.24, 2.45) is 7.05 Å². The lowest BCUT2D eigenvalue weighted by Crippen LogP contribution is -2.46. The number of pyridine rings is 1.